The van der Waals surface area contributed by atoms with Crippen LogP contribution in [0.2, 0.25) is 5.02 Å². The van der Waals surface area contributed by atoms with Gasteiger partial charge in [0.1, 0.15) is 11.5 Å². The number of benzene rings is 1. The topological polar surface area (TPSA) is 34.1 Å². The quantitative estimate of drug-likeness (QED) is 0.875. The predicted octanol–water partition coefficient (Wildman–Crippen LogP) is 4.40. The lowest BCUT2D eigenvalue weighted by molar-refractivity contribution is 0.470. The van der Waals surface area contributed by atoms with Gasteiger partial charge in [-0.1, -0.05) is 24.6 Å². The first-order valence-corrected chi connectivity index (χ1v) is 7.13. The van der Waals surface area contributed by atoms with E-state index in [1.165, 1.54) is 0 Å². The highest BCUT2D eigenvalue weighted by Gasteiger charge is 2.06. The van der Waals surface area contributed by atoms with Crippen LogP contribution in [-0.4, -0.2) is 11.5 Å². The Labute approximate surface area is 126 Å². The molecule has 1 aromatic heterocycles. The van der Waals surface area contributed by atoms with Crippen LogP contribution in [0.3, 0.4) is 0 Å². The molecule has 2 rings (SSSR count). The summed E-state index contributed by atoms with van der Waals surface area (Å²) < 4.78 is 6.73. The Balaban J connectivity index is 2.24. The molecular weight excluding hydrogens is 328 g/mol. The minimum Gasteiger partial charge on any atom is -0.455 e. The Morgan fingerprint density at radius 2 is 2.16 bits per heavy atom. The second kappa shape index (κ2) is 6.89. The Morgan fingerprint density at radius 3 is 2.89 bits per heavy atom. The predicted molar refractivity (Wildman–Crippen MR) is 80.8 cm³/mol. The molecule has 0 aliphatic carbocycles. The molecule has 19 heavy (non-hydrogen) atoms. The lowest BCUT2D eigenvalue weighted by atomic mass is 10.2. The average molecular weight is 342 g/mol. The lowest BCUT2D eigenvalue weighted by Gasteiger charge is -2.12. The molecule has 0 aliphatic rings. The molecule has 3 nitrogen and oxygen atoms in total. The van der Waals surface area contributed by atoms with E-state index in [2.05, 4.69) is 33.2 Å². The van der Waals surface area contributed by atoms with Gasteiger partial charge in [-0.05, 0) is 40.7 Å². The zero-order chi connectivity index (χ0) is 13.7. The molecule has 0 amide bonds. The highest BCUT2D eigenvalue weighted by atomic mass is 79.9. The SMILES string of the molecule is CCNCc1ccc(Cl)cc1Oc1cncc(Br)c1. The van der Waals surface area contributed by atoms with Crippen LogP contribution in [0.4, 0.5) is 0 Å². The summed E-state index contributed by atoms with van der Waals surface area (Å²) in [6.45, 7) is 3.71. The van der Waals surface area contributed by atoms with E-state index in [0.29, 0.717) is 10.8 Å². The monoisotopic (exact) mass is 340 g/mol. The van der Waals surface area contributed by atoms with E-state index in [0.717, 1.165) is 28.9 Å². The Bertz CT molecular complexity index is 563. The van der Waals surface area contributed by atoms with E-state index >= 15 is 0 Å². The number of nitrogens with one attached hydrogen (secondary N) is 1. The van der Waals surface area contributed by atoms with Crippen molar-refractivity contribution >= 4 is 27.5 Å². The molecule has 0 aliphatic heterocycles. The average Bonchev–Trinajstić information content (AvgIpc) is 2.38. The third-order valence-electron chi connectivity index (χ3n) is 2.50. The van der Waals surface area contributed by atoms with E-state index in [9.17, 15) is 0 Å². The van der Waals surface area contributed by atoms with Gasteiger partial charge in [-0.2, -0.15) is 0 Å². The molecule has 100 valence electrons. The summed E-state index contributed by atoms with van der Waals surface area (Å²) in [5, 5.41) is 3.92. The first kappa shape index (κ1) is 14.3. The third kappa shape index (κ3) is 4.20. The number of halogens is 2. The first-order valence-electron chi connectivity index (χ1n) is 5.96. The second-order valence-corrected chi connectivity index (χ2v) is 5.33. The van der Waals surface area contributed by atoms with Gasteiger partial charge in [-0.25, -0.2) is 0 Å². The van der Waals surface area contributed by atoms with Crippen LogP contribution in [0.1, 0.15) is 12.5 Å². The highest BCUT2D eigenvalue weighted by Crippen LogP contribution is 2.29. The minimum absolute atomic E-state index is 0.651. The Kier molecular flexibility index (Phi) is 5.19. The fourth-order valence-corrected chi connectivity index (χ4v) is 2.11. The van der Waals surface area contributed by atoms with Crippen LogP contribution in [0, 0.1) is 0 Å². The van der Waals surface area contributed by atoms with Crippen molar-refractivity contribution in [3.63, 3.8) is 0 Å². The van der Waals surface area contributed by atoms with Gasteiger partial charge in [-0.15, -0.1) is 0 Å². The molecule has 0 fully saturated rings. The number of hydrogen-bond acceptors (Lipinski definition) is 3. The van der Waals surface area contributed by atoms with Crippen LogP contribution in [0.5, 0.6) is 11.5 Å². The molecule has 0 saturated heterocycles. The maximum atomic E-state index is 6.02. The van der Waals surface area contributed by atoms with Crippen LogP contribution in [0.15, 0.2) is 41.1 Å². The van der Waals surface area contributed by atoms with Gasteiger partial charge < -0.3 is 10.1 Å². The standard InChI is InChI=1S/C14H14BrClN2O/c1-2-17-7-10-3-4-12(16)6-14(10)19-13-5-11(15)8-18-9-13/h3-6,8-9,17H,2,7H2,1H3. The summed E-state index contributed by atoms with van der Waals surface area (Å²) in [5.74, 6) is 1.42. The van der Waals surface area contributed by atoms with E-state index in [1.54, 1.807) is 12.4 Å². The molecule has 5 heteroatoms. The van der Waals surface area contributed by atoms with Crippen LogP contribution in [-0.2, 0) is 6.54 Å². The van der Waals surface area contributed by atoms with Crippen molar-refractivity contribution in [2.24, 2.45) is 0 Å². The van der Waals surface area contributed by atoms with Gasteiger partial charge in [0.05, 0.1) is 6.20 Å². The molecule has 1 heterocycles. The number of ether oxygens (including phenoxy) is 1. The Hall–Kier alpha value is -1.10. The number of nitrogens with zero attached hydrogens (tertiary/aromatic N) is 1. The number of aromatic nitrogens is 1. The van der Waals surface area contributed by atoms with Crippen molar-refractivity contribution in [2.45, 2.75) is 13.5 Å². The number of hydrogen-bond donors (Lipinski definition) is 1. The molecule has 0 radical (unpaired) electrons. The van der Waals surface area contributed by atoms with Crippen LogP contribution >= 0.6 is 27.5 Å². The number of pyridine rings is 1. The number of rotatable bonds is 5. The van der Waals surface area contributed by atoms with Gasteiger partial charge in [0.15, 0.2) is 0 Å². The van der Waals surface area contributed by atoms with Crippen molar-refractivity contribution in [1.29, 1.82) is 0 Å². The van der Waals surface area contributed by atoms with E-state index < -0.39 is 0 Å². The van der Waals surface area contributed by atoms with Gasteiger partial charge in [0, 0.05) is 27.8 Å². The van der Waals surface area contributed by atoms with Crippen molar-refractivity contribution in [1.82, 2.24) is 10.3 Å². The second-order valence-electron chi connectivity index (χ2n) is 3.97. The molecular formula is C14H14BrClN2O. The molecule has 1 aromatic carbocycles. The van der Waals surface area contributed by atoms with Gasteiger partial charge in [-0.3, -0.25) is 4.98 Å². The van der Waals surface area contributed by atoms with Gasteiger partial charge >= 0.3 is 0 Å². The zero-order valence-electron chi connectivity index (χ0n) is 10.5. The molecule has 2 aromatic rings. The molecule has 0 unspecified atom stereocenters. The maximum absolute atomic E-state index is 6.02. The summed E-state index contributed by atoms with van der Waals surface area (Å²) >= 11 is 9.39. The van der Waals surface area contributed by atoms with Gasteiger partial charge in [0.2, 0.25) is 0 Å². The normalized spacial score (nSPS) is 10.5. The summed E-state index contributed by atoms with van der Waals surface area (Å²) in [6, 6.07) is 7.51. The van der Waals surface area contributed by atoms with Gasteiger partial charge in [0.25, 0.3) is 0 Å². The van der Waals surface area contributed by atoms with Crippen molar-refractivity contribution < 1.29 is 4.74 Å². The molecule has 0 bridgehead atoms. The summed E-state index contributed by atoms with van der Waals surface area (Å²) in [7, 11) is 0. The minimum atomic E-state index is 0.651. The fourth-order valence-electron chi connectivity index (χ4n) is 1.60. The largest absolute Gasteiger partial charge is 0.455 e. The van der Waals surface area contributed by atoms with E-state index in [-0.39, 0.29) is 0 Å². The zero-order valence-corrected chi connectivity index (χ0v) is 12.8. The summed E-state index contributed by atoms with van der Waals surface area (Å²) in [6.07, 6.45) is 3.38. The summed E-state index contributed by atoms with van der Waals surface area (Å²) in [5.41, 5.74) is 1.06. The van der Waals surface area contributed by atoms with E-state index in [1.807, 2.05) is 24.3 Å². The maximum Gasteiger partial charge on any atom is 0.146 e. The fraction of sp³-hybridized carbons (Fsp3) is 0.214. The molecule has 0 atom stereocenters. The van der Waals surface area contributed by atoms with Crippen molar-refractivity contribution in [3.8, 4) is 11.5 Å². The van der Waals surface area contributed by atoms with Crippen molar-refractivity contribution in [3.05, 3.63) is 51.7 Å². The van der Waals surface area contributed by atoms with Crippen LogP contribution < -0.4 is 10.1 Å². The third-order valence-corrected chi connectivity index (χ3v) is 3.17. The molecule has 0 saturated carbocycles. The first-order chi connectivity index (χ1) is 9.19. The highest BCUT2D eigenvalue weighted by molar-refractivity contribution is 9.10. The molecule has 1 N–H and O–H groups in total. The van der Waals surface area contributed by atoms with E-state index in [4.69, 9.17) is 16.3 Å². The van der Waals surface area contributed by atoms with Crippen molar-refractivity contribution in [2.75, 3.05) is 6.54 Å². The smallest absolute Gasteiger partial charge is 0.146 e. The molecule has 0 spiro atoms. The lowest BCUT2D eigenvalue weighted by Crippen LogP contribution is -2.12. The summed E-state index contributed by atoms with van der Waals surface area (Å²) in [4.78, 5) is 4.07. The Morgan fingerprint density at radius 1 is 1.32 bits per heavy atom. The van der Waals surface area contributed by atoms with Crippen LogP contribution in [0.25, 0.3) is 0 Å².